The van der Waals surface area contributed by atoms with Crippen LogP contribution in [0.4, 0.5) is 18.9 Å². The summed E-state index contributed by atoms with van der Waals surface area (Å²) in [5, 5.41) is 0. The van der Waals surface area contributed by atoms with Crippen molar-refractivity contribution in [1.82, 2.24) is 9.55 Å². The summed E-state index contributed by atoms with van der Waals surface area (Å²) in [5.74, 6) is -0.930. The Labute approximate surface area is 125 Å². The first-order valence-corrected chi connectivity index (χ1v) is 6.74. The molecule has 0 atom stereocenters. The Morgan fingerprint density at radius 2 is 1.77 bits per heavy atom. The highest BCUT2D eigenvalue weighted by molar-refractivity contribution is 5.87. The second-order valence-electron chi connectivity index (χ2n) is 5.22. The molecule has 3 rings (SSSR count). The molecule has 0 unspecified atom stereocenters. The maximum absolute atomic E-state index is 13.3. The molecule has 0 fully saturated rings. The van der Waals surface area contributed by atoms with Gasteiger partial charge in [-0.3, -0.25) is 0 Å². The second kappa shape index (κ2) is 5.05. The first-order chi connectivity index (χ1) is 10.4. The van der Waals surface area contributed by atoms with Gasteiger partial charge in [0.15, 0.2) is 0 Å². The van der Waals surface area contributed by atoms with Crippen molar-refractivity contribution in [3.63, 3.8) is 0 Å². The molecule has 0 saturated carbocycles. The molecule has 3 aromatic rings. The molecule has 0 spiro atoms. The fourth-order valence-corrected chi connectivity index (χ4v) is 2.42. The second-order valence-corrected chi connectivity index (χ2v) is 5.22. The van der Waals surface area contributed by atoms with Crippen LogP contribution in [0.5, 0.6) is 0 Å². The third-order valence-electron chi connectivity index (χ3n) is 3.52. The van der Waals surface area contributed by atoms with Gasteiger partial charge in [0.25, 0.3) is 0 Å². The van der Waals surface area contributed by atoms with Crippen LogP contribution in [0.1, 0.15) is 17.0 Å². The number of halogens is 3. The Morgan fingerprint density at radius 3 is 2.41 bits per heavy atom. The van der Waals surface area contributed by atoms with Crippen LogP contribution in [0.25, 0.3) is 11.0 Å². The highest BCUT2D eigenvalue weighted by Crippen LogP contribution is 2.33. The fraction of sp³-hybridized carbons (Fsp3) is 0.188. The van der Waals surface area contributed by atoms with Crippen molar-refractivity contribution < 1.29 is 13.2 Å². The van der Waals surface area contributed by atoms with Gasteiger partial charge in [0, 0.05) is 6.54 Å². The van der Waals surface area contributed by atoms with E-state index in [-0.39, 0.29) is 17.7 Å². The molecule has 1 aromatic heterocycles. The van der Waals surface area contributed by atoms with Gasteiger partial charge in [0.1, 0.15) is 5.52 Å². The van der Waals surface area contributed by atoms with Crippen LogP contribution < -0.4 is 5.73 Å². The van der Waals surface area contributed by atoms with E-state index >= 15 is 0 Å². The van der Waals surface area contributed by atoms with E-state index in [1.807, 2.05) is 31.2 Å². The first kappa shape index (κ1) is 14.4. The average Bonchev–Trinajstić information content (AvgIpc) is 2.82. The lowest BCUT2D eigenvalue weighted by Crippen LogP contribution is -2.15. The van der Waals surface area contributed by atoms with Crippen molar-refractivity contribution in [2.24, 2.45) is 0 Å². The number of imidazole rings is 1. The minimum atomic E-state index is -4.53. The Bertz CT molecular complexity index is 817. The van der Waals surface area contributed by atoms with E-state index in [4.69, 9.17) is 5.73 Å². The van der Waals surface area contributed by atoms with Gasteiger partial charge in [-0.25, -0.2) is 4.98 Å². The lowest BCUT2D eigenvalue weighted by molar-refractivity contribution is -0.146. The number of alkyl halides is 3. The number of hydrogen-bond acceptors (Lipinski definition) is 2. The molecule has 6 heteroatoms. The molecule has 0 aliphatic carbocycles. The van der Waals surface area contributed by atoms with Gasteiger partial charge in [-0.15, -0.1) is 0 Å². The molecular formula is C16H14F3N3. The van der Waals surface area contributed by atoms with Crippen LogP contribution in [-0.2, 0) is 12.7 Å². The topological polar surface area (TPSA) is 43.8 Å². The van der Waals surface area contributed by atoms with Crippen LogP contribution in [0.15, 0.2) is 42.5 Å². The zero-order chi connectivity index (χ0) is 15.9. The Balaban J connectivity index is 2.17. The van der Waals surface area contributed by atoms with Gasteiger partial charge in [-0.05, 0) is 24.6 Å². The third kappa shape index (κ3) is 2.52. The van der Waals surface area contributed by atoms with Gasteiger partial charge < -0.3 is 10.3 Å². The van der Waals surface area contributed by atoms with Gasteiger partial charge in [-0.1, -0.05) is 35.9 Å². The molecule has 0 bridgehead atoms. The van der Waals surface area contributed by atoms with Crippen molar-refractivity contribution >= 4 is 16.7 Å². The molecule has 2 N–H and O–H groups in total. The number of nitrogen functional groups attached to an aromatic ring is 1. The number of nitrogens with zero attached hydrogens (tertiary/aromatic N) is 2. The summed E-state index contributed by atoms with van der Waals surface area (Å²) in [6, 6.07) is 12.1. The molecule has 0 amide bonds. The quantitative estimate of drug-likeness (QED) is 0.727. The van der Waals surface area contributed by atoms with Crippen molar-refractivity contribution in [1.29, 1.82) is 0 Å². The summed E-state index contributed by atoms with van der Waals surface area (Å²) in [7, 11) is 0. The number of hydrogen-bond donors (Lipinski definition) is 1. The summed E-state index contributed by atoms with van der Waals surface area (Å²) < 4.78 is 40.9. The molecule has 0 aliphatic heterocycles. The number of fused-ring (bicyclic) bond motifs is 1. The van der Waals surface area contributed by atoms with Crippen molar-refractivity contribution in [3.05, 3.63) is 59.4 Å². The van der Waals surface area contributed by atoms with E-state index in [1.165, 1.54) is 0 Å². The summed E-state index contributed by atoms with van der Waals surface area (Å²) in [5.41, 5.74) is 8.39. The van der Waals surface area contributed by atoms with Crippen molar-refractivity contribution in [3.8, 4) is 0 Å². The lowest BCUT2D eigenvalue weighted by Gasteiger charge is -2.11. The molecule has 22 heavy (non-hydrogen) atoms. The highest BCUT2D eigenvalue weighted by Gasteiger charge is 2.37. The van der Waals surface area contributed by atoms with Crippen molar-refractivity contribution in [2.45, 2.75) is 19.6 Å². The number of benzene rings is 2. The van der Waals surface area contributed by atoms with Gasteiger partial charge >= 0.3 is 6.18 Å². The highest BCUT2D eigenvalue weighted by atomic mass is 19.4. The van der Waals surface area contributed by atoms with Crippen LogP contribution >= 0.6 is 0 Å². The van der Waals surface area contributed by atoms with Crippen LogP contribution in [-0.4, -0.2) is 9.55 Å². The summed E-state index contributed by atoms with van der Waals surface area (Å²) >= 11 is 0. The number of aryl methyl sites for hydroxylation is 1. The Kier molecular flexibility index (Phi) is 3.31. The number of aromatic nitrogens is 2. The standard InChI is InChI=1S/C16H14F3N3/c1-10-5-7-11(8-6-10)9-22-13-4-2-3-12(20)14(13)21-15(22)16(17,18)19/h2-8H,9,20H2,1H3. The van der Waals surface area contributed by atoms with Gasteiger partial charge in [0.05, 0.1) is 11.2 Å². The maximum Gasteiger partial charge on any atom is 0.449 e. The largest absolute Gasteiger partial charge is 0.449 e. The van der Waals surface area contributed by atoms with Crippen LogP contribution in [0.2, 0.25) is 0 Å². The molecule has 0 saturated heterocycles. The van der Waals surface area contributed by atoms with E-state index < -0.39 is 12.0 Å². The summed E-state index contributed by atoms with van der Waals surface area (Å²) in [4.78, 5) is 3.71. The van der Waals surface area contributed by atoms with Crippen molar-refractivity contribution in [2.75, 3.05) is 5.73 Å². The maximum atomic E-state index is 13.3. The number of anilines is 1. The molecule has 1 heterocycles. The smallest absolute Gasteiger partial charge is 0.397 e. The molecule has 0 aliphatic rings. The Morgan fingerprint density at radius 1 is 1.09 bits per heavy atom. The molecular weight excluding hydrogens is 291 g/mol. The minimum Gasteiger partial charge on any atom is -0.397 e. The monoisotopic (exact) mass is 305 g/mol. The Hall–Kier alpha value is -2.50. The lowest BCUT2D eigenvalue weighted by atomic mass is 10.1. The number of para-hydroxylation sites is 1. The number of nitrogens with two attached hydrogens (primary N) is 1. The van der Waals surface area contributed by atoms with Gasteiger partial charge in [0.2, 0.25) is 5.82 Å². The fourth-order valence-electron chi connectivity index (χ4n) is 2.42. The zero-order valence-electron chi connectivity index (χ0n) is 11.9. The normalized spacial score (nSPS) is 12.0. The molecule has 114 valence electrons. The minimum absolute atomic E-state index is 0.0923. The summed E-state index contributed by atoms with van der Waals surface area (Å²) in [6.45, 7) is 2.02. The molecule has 3 nitrogen and oxygen atoms in total. The van der Waals surface area contributed by atoms with Crippen LogP contribution in [0, 0.1) is 6.92 Å². The van der Waals surface area contributed by atoms with E-state index in [9.17, 15) is 13.2 Å². The SMILES string of the molecule is Cc1ccc(Cn2c(C(F)(F)F)nc3c(N)cccc32)cc1. The van der Waals surface area contributed by atoms with E-state index in [0.29, 0.717) is 5.52 Å². The molecule has 0 radical (unpaired) electrons. The third-order valence-corrected chi connectivity index (χ3v) is 3.52. The van der Waals surface area contributed by atoms with Crippen LogP contribution in [0.3, 0.4) is 0 Å². The average molecular weight is 305 g/mol. The number of rotatable bonds is 2. The van der Waals surface area contributed by atoms with E-state index in [1.54, 1.807) is 18.2 Å². The summed E-state index contributed by atoms with van der Waals surface area (Å²) in [6.07, 6.45) is -4.53. The predicted molar refractivity (Wildman–Crippen MR) is 79.4 cm³/mol. The van der Waals surface area contributed by atoms with Gasteiger partial charge in [-0.2, -0.15) is 13.2 Å². The van der Waals surface area contributed by atoms with E-state index in [2.05, 4.69) is 4.98 Å². The zero-order valence-corrected chi connectivity index (χ0v) is 11.9. The molecule has 2 aromatic carbocycles. The first-order valence-electron chi connectivity index (χ1n) is 6.74. The predicted octanol–water partition coefficient (Wildman–Crippen LogP) is 3.99. The van der Waals surface area contributed by atoms with E-state index in [0.717, 1.165) is 15.7 Å².